The molecule has 1 atom stereocenters. The number of aliphatic hydroxyl groups is 1. The highest BCUT2D eigenvalue weighted by atomic mass is 32.2. The molecule has 6 rings (SSSR count). The minimum Gasteiger partial charge on any atom is -0.384 e. The molecule has 1 amide bonds. The summed E-state index contributed by atoms with van der Waals surface area (Å²) in [5.74, 6) is -4.44. The maximum absolute atomic E-state index is 15.2. The number of likely N-dealkylation sites (tertiary alicyclic amines) is 1. The van der Waals surface area contributed by atoms with E-state index in [-0.39, 0.29) is 49.0 Å². The largest absolute Gasteiger partial charge is 0.416 e. The van der Waals surface area contributed by atoms with E-state index in [0.717, 1.165) is 41.3 Å². The van der Waals surface area contributed by atoms with Gasteiger partial charge in [-0.1, -0.05) is 66.7 Å². The number of carbonyl (C=O) groups excluding carboxylic acids is 1. The van der Waals surface area contributed by atoms with E-state index in [2.05, 4.69) is 4.74 Å². The van der Waals surface area contributed by atoms with Crippen molar-refractivity contribution in [2.24, 2.45) is 0 Å². The van der Waals surface area contributed by atoms with Crippen LogP contribution >= 0.6 is 11.8 Å². The van der Waals surface area contributed by atoms with E-state index in [1.807, 2.05) is 0 Å². The zero-order valence-electron chi connectivity index (χ0n) is 42.8. The van der Waals surface area contributed by atoms with Crippen LogP contribution in [0.15, 0.2) is 102 Å². The van der Waals surface area contributed by atoms with Gasteiger partial charge in [-0.2, -0.15) is 13.2 Å². The van der Waals surface area contributed by atoms with E-state index >= 15 is 9.18 Å². The Morgan fingerprint density at radius 2 is 1.71 bits per heavy atom. The van der Waals surface area contributed by atoms with Gasteiger partial charge in [-0.3, -0.25) is 4.79 Å². The first-order valence-corrected chi connectivity index (χ1v) is 16.3. The van der Waals surface area contributed by atoms with Gasteiger partial charge in [-0.25, -0.2) is 8.78 Å². The lowest BCUT2D eigenvalue weighted by Crippen LogP contribution is -2.50. The summed E-state index contributed by atoms with van der Waals surface area (Å²) in [6, 6.07) is 13.6. The van der Waals surface area contributed by atoms with Crippen LogP contribution < -0.4 is 4.90 Å². The van der Waals surface area contributed by atoms with Crippen molar-refractivity contribution in [2.75, 3.05) is 44.6 Å². The molecule has 1 unspecified atom stereocenters. The van der Waals surface area contributed by atoms with Gasteiger partial charge in [0.25, 0.3) is 0 Å². The van der Waals surface area contributed by atoms with Gasteiger partial charge in [0.05, 0.1) is 25.4 Å². The van der Waals surface area contributed by atoms with E-state index in [9.17, 15) is 29.5 Å². The topological polar surface area (TPSA) is 56.2 Å². The Hall–Kier alpha value is -4.23. The molecule has 6 nitrogen and oxygen atoms in total. The normalized spacial score (nSPS) is 26.6. The molecule has 0 saturated carbocycles. The molecule has 2 heterocycles. The van der Waals surface area contributed by atoms with Crippen LogP contribution in [-0.4, -0.2) is 66.5 Å². The number of fused-ring (bicyclic) bond motifs is 1. The van der Waals surface area contributed by atoms with Crippen molar-refractivity contribution in [3.05, 3.63) is 136 Å². The van der Waals surface area contributed by atoms with Gasteiger partial charge < -0.3 is 24.5 Å². The second kappa shape index (κ2) is 16.6. The molecule has 4 aromatic carbocycles. The SMILES string of the molecule is [2H]C([2H])([2H])OC([2H])([2H])CN1C([2H])([2H])C([2H])([2H])C([2H])(N(Cc2ccc(-c3ccc(C(F)(F)F)cc3)cc2)C(=O)CN2C(SC([2H])([2H])c3cccc(F)c3F)=CC(O)c3ccccc32)C([2H])([2H])C1([2H])[2H]. The smallest absolute Gasteiger partial charge is 0.384 e. The van der Waals surface area contributed by atoms with Crippen LogP contribution in [0.4, 0.5) is 27.6 Å². The van der Waals surface area contributed by atoms with E-state index < -0.39 is 112 Å². The number of benzene rings is 4. The van der Waals surface area contributed by atoms with Gasteiger partial charge in [-0.15, -0.1) is 11.8 Å². The standard InChI is InChI=1S/C40H40F5N3O3S/c1-51-22-21-46-19-17-32(18-20-46)47(24-27-9-11-28(12-10-27)29-13-15-31(16-14-29)40(43,44)45)37(50)25-48-35-8-3-2-6-33(35)36(49)23-38(48)52-26-30-5-4-7-34(41)39(30)42/h2-16,23,32,36,49H,17-22,24-26H2,1H3/i1D3,17D2,18D2,19D2,20D2,22D2,26D2,32D. The molecule has 4 aromatic rings. The number of rotatable bonds is 12. The third kappa shape index (κ3) is 8.86. The van der Waals surface area contributed by atoms with Gasteiger partial charge in [0, 0.05) is 75.4 Å². The van der Waals surface area contributed by atoms with Gasteiger partial charge >= 0.3 is 6.18 Å². The number of aliphatic hydroxyl groups excluding tert-OH is 1. The van der Waals surface area contributed by atoms with Crippen molar-refractivity contribution in [3.63, 3.8) is 0 Å². The molecule has 0 aromatic heterocycles. The number of thioether (sulfide) groups is 1. The lowest BCUT2D eigenvalue weighted by molar-refractivity contribution is -0.137. The van der Waals surface area contributed by atoms with Crippen LogP contribution in [0.1, 0.15) is 63.0 Å². The zero-order chi connectivity index (χ0) is 51.0. The van der Waals surface area contributed by atoms with Gasteiger partial charge in [0.2, 0.25) is 5.91 Å². The maximum Gasteiger partial charge on any atom is 0.416 e. The van der Waals surface area contributed by atoms with Crippen molar-refractivity contribution < 1.29 is 58.5 Å². The first-order chi connectivity index (χ1) is 31.0. The summed E-state index contributed by atoms with van der Waals surface area (Å²) in [6.07, 6.45) is -13.4. The highest BCUT2D eigenvalue weighted by Crippen LogP contribution is 2.41. The zero-order valence-corrected chi connectivity index (χ0v) is 27.7. The predicted molar refractivity (Wildman–Crippen MR) is 193 cm³/mol. The van der Waals surface area contributed by atoms with Crippen molar-refractivity contribution in [1.82, 2.24) is 9.80 Å². The molecule has 2 aliphatic rings. The summed E-state index contributed by atoms with van der Waals surface area (Å²) in [4.78, 5) is 16.1. The molecule has 0 spiro atoms. The van der Waals surface area contributed by atoms with Crippen LogP contribution in [0.3, 0.4) is 0 Å². The van der Waals surface area contributed by atoms with Crippen molar-refractivity contribution >= 4 is 23.4 Å². The Balaban J connectivity index is 1.49. The second-order valence-electron chi connectivity index (χ2n) is 11.3. The minimum atomic E-state index is -4.64. The third-order valence-corrected chi connectivity index (χ3v) is 8.84. The molecule has 274 valence electrons. The number of hydrogen-bond donors (Lipinski definition) is 1. The van der Waals surface area contributed by atoms with Crippen LogP contribution in [0.25, 0.3) is 11.1 Å². The molecule has 2 aliphatic heterocycles. The number of methoxy groups -OCH3 is 1. The molecule has 12 heteroatoms. The Kier molecular flexibility index (Phi) is 7.06. The molecular formula is C40H40F5N3O3S. The van der Waals surface area contributed by atoms with Gasteiger partial charge in [0.1, 0.15) is 12.6 Å². The number of nitrogens with zero attached hydrogens (tertiary/aromatic N) is 3. The lowest BCUT2D eigenvalue weighted by atomic mass is 9.99. The third-order valence-electron chi connectivity index (χ3n) is 7.95. The number of carbonyl (C=O) groups is 1. The first-order valence-electron chi connectivity index (χ1n) is 23.4. The Morgan fingerprint density at radius 1 is 1.02 bits per heavy atom. The Morgan fingerprint density at radius 3 is 2.40 bits per heavy atom. The predicted octanol–water partition coefficient (Wildman–Crippen LogP) is 8.42. The Bertz CT molecular complexity index is 2540. The highest BCUT2D eigenvalue weighted by Gasteiger charge is 2.33. The van der Waals surface area contributed by atoms with Crippen LogP contribution in [0.5, 0.6) is 0 Å². The molecule has 1 saturated heterocycles. The number of piperidine rings is 1. The number of anilines is 1. The number of ether oxygens (including phenoxy) is 1. The number of alkyl halides is 3. The summed E-state index contributed by atoms with van der Waals surface area (Å²) in [5.41, 5.74) is -4.01. The number of halogens is 5. The van der Waals surface area contributed by atoms with E-state index in [1.165, 1.54) is 60.7 Å². The fraction of sp³-hybridized carbons (Fsp3) is 0.325. The maximum atomic E-state index is 15.2. The first kappa shape index (κ1) is 22.1. The minimum absolute atomic E-state index is 0.0308. The molecule has 0 radical (unpaired) electrons. The van der Waals surface area contributed by atoms with Crippen LogP contribution in [0.2, 0.25) is 0 Å². The summed E-state index contributed by atoms with van der Waals surface area (Å²) in [5, 5.41) is 10.8. The number of amides is 1. The summed E-state index contributed by atoms with van der Waals surface area (Å²) < 4.78 is 212. The van der Waals surface area contributed by atoms with Gasteiger partial charge in [0.15, 0.2) is 11.6 Å². The van der Waals surface area contributed by atoms with E-state index in [1.54, 1.807) is 0 Å². The average Bonchev–Trinajstić information content (AvgIpc) is 3.22. The summed E-state index contributed by atoms with van der Waals surface area (Å²) in [6.45, 7) is -15.5. The van der Waals surface area contributed by atoms with E-state index in [4.69, 9.17) is 15.1 Å². The van der Waals surface area contributed by atoms with Crippen LogP contribution in [0, 0.1) is 11.6 Å². The molecule has 0 aliphatic carbocycles. The molecule has 1 fully saturated rings. The monoisotopic (exact) mass is 753 g/mol. The quantitative estimate of drug-likeness (QED) is 0.147. The van der Waals surface area contributed by atoms with Crippen molar-refractivity contribution in [2.45, 2.75) is 43.3 Å². The Labute approximate surface area is 327 Å². The van der Waals surface area contributed by atoms with Crippen molar-refractivity contribution in [3.8, 4) is 11.1 Å². The summed E-state index contributed by atoms with van der Waals surface area (Å²) in [7, 11) is -3.51. The lowest BCUT2D eigenvalue weighted by Gasteiger charge is -2.40. The van der Waals surface area contributed by atoms with Crippen molar-refractivity contribution in [1.29, 1.82) is 0 Å². The fourth-order valence-electron chi connectivity index (χ4n) is 5.32. The van der Waals surface area contributed by atoms with Crippen LogP contribution in [-0.2, 0) is 28.0 Å². The number of hydrogen-bond acceptors (Lipinski definition) is 6. The molecule has 1 N–H and O–H groups in total. The number of para-hydroxylation sites is 1. The van der Waals surface area contributed by atoms with Gasteiger partial charge in [-0.05, 0) is 59.8 Å². The fourth-order valence-corrected chi connectivity index (χ4v) is 6.16. The molecular weight excluding hydrogens is 698 g/mol. The molecule has 0 bridgehead atoms. The average molecular weight is 754 g/mol. The second-order valence-corrected chi connectivity index (χ2v) is 12.1. The highest BCUT2D eigenvalue weighted by molar-refractivity contribution is 8.02. The summed E-state index contributed by atoms with van der Waals surface area (Å²) >= 11 is 0.188. The molecule has 52 heavy (non-hydrogen) atoms. The van der Waals surface area contributed by atoms with E-state index in [0.29, 0.717) is 5.56 Å².